The Morgan fingerprint density at radius 1 is 0.875 bits per heavy atom. The van der Waals surface area contributed by atoms with Crippen LogP contribution in [0.25, 0.3) is 10.8 Å². The van der Waals surface area contributed by atoms with Gasteiger partial charge in [-0.2, -0.15) is 0 Å². The summed E-state index contributed by atoms with van der Waals surface area (Å²) in [5, 5.41) is 4.75. The number of amides is 2. The largest absolute Gasteiger partial charge is 0.274 e. The molecule has 1 aromatic carbocycles. The van der Waals surface area contributed by atoms with E-state index >= 15 is 0 Å². The summed E-state index contributed by atoms with van der Waals surface area (Å²) in [5.41, 5.74) is -0.796. The fourth-order valence-corrected chi connectivity index (χ4v) is 4.54. The molecule has 2 aliphatic carbocycles. The number of anilines is 1. The molecule has 5 rings (SSSR count). The molecule has 7 nitrogen and oxygen atoms in total. The van der Waals surface area contributed by atoms with E-state index in [1.54, 1.807) is 12.1 Å². The SMILES string of the molecule is O=C1C2C3C=CC(C3)C2C(=O)N1c1cccc2c(=O)[nH][nH]c(=O)c12. The average molecular weight is 323 g/mol. The van der Waals surface area contributed by atoms with Crippen LogP contribution in [0, 0.1) is 23.7 Å². The minimum absolute atomic E-state index is 0.0724. The van der Waals surface area contributed by atoms with Crippen molar-refractivity contribution in [2.45, 2.75) is 6.42 Å². The van der Waals surface area contributed by atoms with E-state index in [0.717, 1.165) is 11.3 Å². The van der Waals surface area contributed by atoms with Gasteiger partial charge in [0, 0.05) is 0 Å². The van der Waals surface area contributed by atoms with Crippen LogP contribution >= 0.6 is 0 Å². The highest BCUT2D eigenvalue weighted by Crippen LogP contribution is 2.53. The number of hydrogen-bond acceptors (Lipinski definition) is 4. The van der Waals surface area contributed by atoms with Gasteiger partial charge in [0.1, 0.15) is 0 Å². The van der Waals surface area contributed by atoms with Gasteiger partial charge in [-0.25, -0.2) is 4.90 Å². The number of allylic oxidation sites excluding steroid dienone is 2. The number of aromatic nitrogens is 2. The second-order valence-electron chi connectivity index (χ2n) is 6.62. The highest BCUT2D eigenvalue weighted by molar-refractivity contribution is 6.25. The van der Waals surface area contributed by atoms with Gasteiger partial charge in [-0.15, -0.1) is 0 Å². The van der Waals surface area contributed by atoms with E-state index in [1.807, 2.05) is 12.2 Å². The van der Waals surface area contributed by atoms with Gasteiger partial charge in [-0.05, 0) is 30.4 Å². The van der Waals surface area contributed by atoms with E-state index in [1.165, 1.54) is 6.07 Å². The van der Waals surface area contributed by atoms with Crippen molar-refractivity contribution in [3.8, 4) is 0 Å². The quantitative estimate of drug-likeness (QED) is 0.590. The van der Waals surface area contributed by atoms with Crippen LogP contribution in [0.5, 0.6) is 0 Å². The number of carbonyl (C=O) groups excluding carboxylic acids is 2. The maximum atomic E-state index is 12.9. The van der Waals surface area contributed by atoms with Crippen LogP contribution < -0.4 is 16.0 Å². The Labute approximate surface area is 135 Å². The number of H-pyrrole nitrogens is 2. The molecule has 1 aromatic heterocycles. The number of imide groups is 1. The van der Waals surface area contributed by atoms with Gasteiger partial charge in [0.25, 0.3) is 11.1 Å². The number of nitrogens with one attached hydrogen (secondary N) is 2. The van der Waals surface area contributed by atoms with Gasteiger partial charge in [0.05, 0.1) is 28.3 Å². The number of rotatable bonds is 1. The molecular formula is C17H13N3O4. The zero-order valence-corrected chi connectivity index (χ0v) is 12.5. The number of nitrogens with zero attached hydrogens (tertiary/aromatic N) is 1. The minimum atomic E-state index is -0.529. The Morgan fingerprint density at radius 2 is 1.50 bits per heavy atom. The average Bonchev–Trinajstić information content (AvgIpc) is 3.25. The summed E-state index contributed by atoms with van der Waals surface area (Å²) in [6.45, 7) is 0. The molecule has 2 aromatic rings. The second-order valence-corrected chi connectivity index (χ2v) is 6.62. The first kappa shape index (κ1) is 13.5. The normalized spacial score (nSPS) is 30.6. The first-order chi connectivity index (χ1) is 11.6. The van der Waals surface area contributed by atoms with Crippen LogP contribution in [-0.2, 0) is 9.59 Å². The highest BCUT2D eigenvalue weighted by Gasteiger charge is 2.59. The van der Waals surface area contributed by atoms with Crippen molar-refractivity contribution in [3.05, 3.63) is 51.1 Å². The van der Waals surface area contributed by atoms with Gasteiger partial charge in [-0.1, -0.05) is 18.2 Å². The summed E-state index contributed by atoms with van der Waals surface area (Å²) in [7, 11) is 0. The Bertz CT molecular complexity index is 1030. The molecule has 0 spiro atoms. The topological polar surface area (TPSA) is 103 Å². The van der Waals surface area contributed by atoms with Gasteiger partial charge < -0.3 is 0 Å². The number of benzene rings is 1. The summed E-state index contributed by atoms with van der Waals surface area (Å²) >= 11 is 0. The molecule has 1 saturated carbocycles. The molecule has 1 saturated heterocycles. The van der Waals surface area contributed by atoms with Crippen LogP contribution in [0.4, 0.5) is 5.69 Å². The molecule has 2 amide bonds. The second kappa shape index (κ2) is 4.31. The van der Waals surface area contributed by atoms with Crippen LogP contribution in [0.1, 0.15) is 6.42 Å². The zero-order chi connectivity index (χ0) is 16.6. The van der Waals surface area contributed by atoms with E-state index in [2.05, 4.69) is 10.2 Å². The van der Waals surface area contributed by atoms with E-state index in [0.29, 0.717) is 0 Å². The summed E-state index contributed by atoms with van der Waals surface area (Å²) in [6.07, 6.45) is 4.87. The molecule has 2 N–H and O–H groups in total. The highest BCUT2D eigenvalue weighted by atomic mass is 16.2. The Hall–Kier alpha value is -2.96. The Morgan fingerprint density at radius 3 is 2.17 bits per heavy atom. The summed E-state index contributed by atoms with van der Waals surface area (Å²) in [4.78, 5) is 51.1. The standard InChI is InChI=1S/C17H13N3O4/c21-14-9-2-1-3-10(13(9)15(22)19-18-14)20-16(23)11-7-4-5-8(6-7)12(11)17(20)24/h1-5,7-8,11-12H,6H2,(H,18,21)(H,19,22). The van der Waals surface area contributed by atoms with Crippen molar-refractivity contribution in [2.75, 3.05) is 4.90 Å². The maximum Gasteiger partial charge on any atom is 0.272 e. The molecule has 2 fully saturated rings. The third-order valence-corrected chi connectivity index (χ3v) is 5.51. The number of aromatic amines is 2. The van der Waals surface area contributed by atoms with Gasteiger partial charge >= 0.3 is 0 Å². The Balaban J connectivity index is 1.74. The van der Waals surface area contributed by atoms with Crippen molar-refractivity contribution < 1.29 is 9.59 Å². The smallest absolute Gasteiger partial charge is 0.272 e. The molecule has 1 aliphatic heterocycles. The third kappa shape index (κ3) is 1.46. The van der Waals surface area contributed by atoms with E-state index < -0.39 is 11.1 Å². The molecule has 2 bridgehead atoms. The van der Waals surface area contributed by atoms with Gasteiger partial charge in [0.15, 0.2) is 0 Å². The number of carbonyl (C=O) groups is 2. The monoisotopic (exact) mass is 323 g/mol. The molecule has 3 aliphatic rings. The lowest BCUT2D eigenvalue weighted by molar-refractivity contribution is -0.123. The van der Waals surface area contributed by atoms with Crippen molar-refractivity contribution in [1.29, 1.82) is 0 Å². The zero-order valence-electron chi connectivity index (χ0n) is 12.5. The number of hydrogen-bond donors (Lipinski definition) is 2. The third-order valence-electron chi connectivity index (χ3n) is 5.51. The molecule has 120 valence electrons. The Kier molecular flexibility index (Phi) is 2.42. The lowest BCUT2D eigenvalue weighted by Crippen LogP contribution is -2.34. The van der Waals surface area contributed by atoms with Crippen LogP contribution in [-0.4, -0.2) is 22.0 Å². The van der Waals surface area contributed by atoms with Crippen molar-refractivity contribution in [2.24, 2.45) is 23.7 Å². The van der Waals surface area contributed by atoms with E-state index in [9.17, 15) is 19.2 Å². The van der Waals surface area contributed by atoms with Crippen molar-refractivity contribution in [1.82, 2.24) is 10.2 Å². The first-order valence-corrected chi connectivity index (χ1v) is 7.88. The summed E-state index contributed by atoms with van der Waals surface area (Å²) in [6, 6.07) is 4.63. The lowest BCUT2D eigenvalue weighted by atomic mass is 9.85. The van der Waals surface area contributed by atoms with E-state index in [-0.39, 0.29) is 51.9 Å². The van der Waals surface area contributed by atoms with Gasteiger partial charge in [-0.3, -0.25) is 29.4 Å². The number of fused-ring (bicyclic) bond motifs is 6. The molecule has 2 heterocycles. The van der Waals surface area contributed by atoms with Crippen LogP contribution in [0.15, 0.2) is 39.9 Å². The lowest BCUT2D eigenvalue weighted by Gasteiger charge is -2.18. The molecule has 7 heteroatoms. The molecule has 4 atom stereocenters. The molecular weight excluding hydrogens is 310 g/mol. The van der Waals surface area contributed by atoms with Gasteiger partial charge in [0.2, 0.25) is 11.8 Å². The van der Waals surface area contributed by atoms with Crippen molar-refractivity contribution in [3.63, 3.8) is 0 Å². The molecule has 4 unspecified atom stereocenters. The molecule has 0 radical (unpaired) electrons. The fourth-order valence-electron chi connectivity index (χ4n) is 4.54. The van der Waals surface area contributed by atoms with Crippen LogP contribution in [0.2, 0.25) is 0 Å². The van der Waals surface area contributed by atoms with Crippen LogP contribution in [0.3, 0.4) is 0 Å². The predicted octanol–water partition coefficient (Wildman–Crippen LogP) is 0.528. The fraction of sp³-hybridized carbons (Fsp3) is 0.294. The summed E-state index contributed by atoms with van der Waals surface area (Å²) < 4.78 is 0. The maximum absolute atomic E-state index is 12.9. The summed E-state index contributed by atoms with van der Waals surface area (Å²) in [5.74, 6) is -1.04. The van der Waals surface area contributed by atoms with E-state index in [4.69, 9.17) is 0 Å². The minimum Gasteiger partial charge on any atom is -0.274 e. The molecule has 24 heavy (non-hydrogen) atoms. The first-order valence-electron chi connectivity index (χ1n) is 7.88. The van der Waals surface area contributed by atoms with Crippen molar-refractivity contribution >= 4 is 28.3 Å². The predicted molar refractivity (Wildman–Crippen MR) is 85.4 cm³/mol.